The van der Waals surface area contributed by atoms with Crippen LogP contribution in [0, 0.1) is 0 Å². The van der Waals surface area contributed by atoms with Crippen molar-refractivity contribution in [1.29, 1.82) is 0 Å². The van der Waals surface area contributed by atoms with E-state index in [0.717, 1.165) is 26.7 Å². The monoisotopic (exact) mass is 458 g/mol. The molecule has 1 aromatic heterocycles. The fourth-order valence-electron chi connectivity index (χ4n) is 5.14. The number of carbonyl (C=O) groups is 1. The summed E-state index contributed by atoms with van der Waals surface area (Å²) in [6.45, 7) is 6.68. The van der Waals surface area contributed by atoms with Crippen LogP contribution in [0.4, 0.5) is 5.69 Å². The summed E-state index contributed by atoms with van der Waals surface area (Å²) in [5.74, 6) is 0.501. The van der Waals surface area contributed by atoms with E-state index in [2.05, 4.69) is 80.4 Å². The van der Waals surface area contributed by atoms with Crippen LogP contribution in [0.25, 0.3) is 10.2 Å². The van der Waals surface area contributed by atoms with Gasteiger partial charge in [0.05, 0.1) is 16.0 Å². The molecule has 1 aliphatic heterocycles. The summed E-state index contributed by atoms with van der Waals surface area (Å²) in [5, 5.41) is 0. The highest BCUT2D eigenvalue weighted by atomic mass is 32.2. The first-order valence-electron chi connectivity index (χ1n) is 10.8. The number of hydrogen-bond donors (Lipinski definition) is 0. The van der Waals surface area contributed by atoms with Crippen molar-refractivity contribution in [3.63, 3.8) is 0 Å². The minimum atomic E-state index is -0.315. The number of carbonyl (C=O) groups excluding carboxylic acids is 1. The number of rotatable bonds is 4. The zero-order chi connectivity index (χ0) is 22.3. The average Bonchev–Trinajstić information content (AvgIpc) is 3.21. The molecule has 0 spiro atoms. The molecule has 3 nitrogen and oxygen atoms in total. The summed E-state index contributed by atoms with van der Waals surface area (Å²) in [4.78, 5) is 20.3. The Hall–Kier alpha value is -2.63. The molecule has 0 N–H and O–H groups in total. The molecule has 0 saturated carbocycles. The molecule has 0 aliphatic carbocycles. The third-order valence-electron chi connectivity index (χ3n) is 6.38. The molecule has 32 heavy (non-hydrogen) atoms. The summed E-state index contributed by atoms with van der Waals surface area (Å²) >= 11 is 3.19. The lowest BCUT2D eigenvalue weighted by atomic mass is 9.65. The second-order valence-electron chi connectivity index (χ2n) is 9.17. The van der Waals surface area contributed by atoms with E-state index in [-0.39, 0.29) is 16.9 Å². The molecule has 2 heterocycles. The summed E-state index contributed by atoms with van der Waals surface area (Å²) in [7, 11) is 0. The normalized spacial score (nSPS) is 19.7. The maximum atomic E-state index is 13.6. The molecule has 1 unspecified atom stereocenters. The molecule has 1 amide bonds. The number of hydrogen-bond acceptors (Lipinski definition) is 4. The first-order chi connectivity index (χ1) is 15.4. The molecule has 1 aliphatic rings. The van der Waals surface area contributed by atoms with Crippen LogP contribution in [0.3, 0.4) is 0 Å². The number of benzene rings is 3. The summed E-state index contributed by atoms with van der Waals surface area (Å²) in [6.07, 6.45) is 0.860. The van der Waals surface area contributed by atoms with Gasteiger partial charge in [0, 0.05) is 16.6 Å². The lowest BCUT2D eigenvalue weighted by molar-refractivity contribution is -0.117. The number of thioether (sulfide) groups is 1. The Kier molecular flexibility index (Phi) is 5.34. The van der Waals surface area contributed by atoms with Crippen molar-refractivity contribution in [2.24, 2.45) is 0 Å². The van der Waals surface area contributed by atoms with Gasteiger partial charge >= 0.3 is 0 Å². The Morgan fingerprint density at radius 3 is 2.44 bits per heavy atom. The van der Waals surface area contributed by atoms with Gasteiger partial charge in [0.25, 0.3) is 0 Å². The second kappa shape index (κ2) is 8.05. The van der Waals surface area contributed by atoms with E-state index in [1.54, 1.807) is 11.3 Å². The largest absolute Gasteiger partial charge is 0.306 e. The SMILES string of the molecule is CC1(c2ccccc2)CC(C)(C)N(C(=O)CSc2nc3ccccc3s2)c2ccccc21. The third kappa shape index (κ3) is 3.63. The van der Waals surface area contributed by atoms with Crippen LogP contribution >= 0.6 is 23.1 Å². The first-order valence-corrected chi connectivity index (χ1v) is 12.7. The van der Waals surface area contributed by atoms with Crippen LogP contribution in [-0.4, -0.2) is 22.2 Å². The molecule has 0 bridgehead atoms. The van der Waals surface area contributed by atoms with Gasteiger partial charge in [-0.2, -0.15) is 0 Å². The highest BCUT2D eigenvalue weighted by Gasteiger charge is 2.47. The Morgan fingerprint density at radius 1 is 0.969 bits per heavy atom. The van der Waals surface area contributed by atoms with Crippen molar-refractivity contribution in [3.8, 4) is 0 Å². The highest BCUT2D eigenvalue weighted by Crippen LogP contribution is 2.50. The van der Waals surface area contributed by atoms with Gasteiger partial charge in [0.15, 0.2) is 4.34 Å². The van der Waals surface area contributed by atoms with Crippen molar-refractivity contribution < 1.29 is 4.79 Å². The molecule has 1 atom stereocenters. The number of amides is 1. The van der Waals surface area contributed by atoms with Gasteiger partial charge in [0.1, 0.15) is 0 Å². The van der Waals surface area contributed by atoms with Gasteiger partial charge in [-0.1, -0.05) is 79.3 Å². The van der Waals surface area contributed by atoms with E-state index in [9.17, 15) is 4.79 Å². The Balaban J connectivity index is 1.47. The van der Waals surface area contributed by atoms with Gasteiger partial charge in [-0.3, -0.25) is 4.79 Å². The zero-order valence-corrected chi connectivity index (χ0v) is 20.2. The maximum absolute atomic E-state index is 13.6. The smallest absolute Gasteiger partial charge is 0.237 e. The van der Waals surface area contributed by atoms with Crippen LogP contribution < -0.4 is 4.90 Å². The number of aromatic nitrogens is 1. The van der Waals surface area contributed by atoms with Crippen molar-refractivity contribution in [3.05, 3.63) is 90.0 Å². The Bertz CT molecular complexity index is 1250. The van der Waals surface area contributed by atoms with E-state index >= 15 is 0 Å². The quantitative estimate of drug-likeness (QED) is 0.312. The van der Waals surface area contributed by atoms with Gasteiger partial charge < -0.3 is 4.90 Å². The Morgan fingerprint density at radius 2 is 1.66 bits per heavy atom. The van der Waals surface area contributed by atoms with Gasteiger partial charge in [-0.25, -0.2) is 4.98 Å². The van der Waals surface area contributed by atoms with Crippen LogP contribution in [0.5, 0.6) is 0 Å². The van der Waals surface area contributed by atoms with E-state index in [1.807, 2.05) is 29.2 Å². The van der Waals surface area contributed by atoms with Crippen LogP contribution in [0.2, 0.25) is 0 Å². The Labute approximate surface area is 197 Å². The summed E-state index contributed by atoms with van der Waals surface area (Å²) < 4.78 is 2.10. The predicted octanol–water partition coefficient (Wildman–Crippen LogP) is 6.91. The van der Waals surface area contributed by atoms with Gasteiger partial charge in [-0.05, 0) is 49.6 Å². The van der Waals surface area contributed by atoms with Crippen molar-refractivity contribution in [2.75, 3.05) is 10.7 Å². The molecular weight excluding hydrogens is 432 g/mol. The third-order valence-corrected chi connectivity index (χ3v) is 8.55. The molecule has 5 heteroatoms. The van der Waals surface area contributed by atoms with Crippen molar-refractivity contribution in [2.45, 2.75) is 42.5 Å². The lowest BCUT2D eigenvalue weighted by Crippen LogP contribution is -2.56. The van der Waals surface area contributed by atoms with E-state index in [4.69, 9.17) is 0 Å². The summed E-state index contributed by atoms with van der Waals surface area (Å²) in [6, 6.07) is 27.2. The molecule has 4 aromatic rings. The molecule has 0 saturated heterocycles. The number of fused-ring (bicyclic) bond motifs is 2. The van der Waals surface area contributed by atoms with Gasteiger partial charge in [-0.15, -0.1) is 11.3 Å². The van der Waals surface area contributed by atoms with E-state index < -0.39 is 0 Å². The van der Waals surface area contributed by atoms with E-state index in [1.165, 1.54) is 22.9 Å². The fourth-order valence-corrected chi connectivity index (χ4v) is 7.05. The standard InChI is InChI=1S/C27H26N2OS2/c1-26(2)18-27(3,19-11-5-4-6-12-19)20-13-7-9-15-22(20)29(26)24(30)17-31-25-28-21-14-8-10-16-23(21)32-25/h4-16H,17-18H2,1-3H3. The molecule has 5 rings (SSSR count). The maximum Gasteiger partial charge on any atom is 0.237 e. The number of thiazole rings is 1. The van der Waals surface area contributed by atoms with Crippen molar-refractivity contribution in [1.82, 2.24) is 4.98 Å². The molecule has 162 valence electrons. The van der Waals surface area contributed by atoms with Crippen LogP contribution in [-0.2, 0) is 10.2 Å². The average molecular weight is 459 g/mol. The molecular formula is C27H26N2OS2. The summed E-state index contributed by atoms with van der Waals surface area (Å²) in [5.41, 5.74) is 4.04. The topological polar surface area (TPSA) is 33.2 Å². The molecule has 0 fully saturated rings. The number of nitrogens with zero attached hydrogens (tertiary/aromatic N) is 2. The zero-order valence-electron chi connectivity index (χ0n) is 18.5. The highest BCUT2D eigenvalue weighted by molar-refractivity contribution is 8.01. The van der Waals surface area contributed by atoms with Crippen molar-refractivity contribution >= 4 is 44.9 Å². The minimum Gasteiger partial charge on any atom is -0.306 e. The molecule has 0 radical (unpaired) electrons. The van der Waals surface area contributed by atoms with Crippen LogP contribution in [0.15, 0.2) is 83.2 Å². The molecule has 3 aromatic carbocycles. The second-order valence-corrected chi connectivity index (χ2v) is 11.4. The number of anilines is 1. The number of para-hydroxylation sites is 2. The van der Waals surface area contributed by atoms with Gasteiger partial charge in [0.2, 0.25) is 5.91 Å². The first kappa shape index (κ1) is 21.2. The van der Waals surface area contributed by atoms with E-state index in [0.29, 0.717) is 5.75 Å². The van der Waals surface area contributed by atoms with Crippen LogP contribution in [0.1, 0.15) is 38.3 Å². The minimum absolute atomic E-state index is 0.127. The lowest BCUT2D eigenvalue weighted by Gasteiger charge is -2.51. The predicted molar refractivity (Wildman–Crippen MR) is 136 cm³/mol. The fraction of sp³-hybridized carbons (Fsp3) is 0.259.